The molecule has 1 atom stereocenters. The molecule has 17 heavy (non-hydrogen) atoms. The van der Waals surface area contributed by atoms with E-state index in [-0.39, 0.29) is 6.04 Å². The van der Waals surface area contributed by atoms with Crippen molar-refractivity contribution in [3.8, 4) is 0 Å². The number of carbonyl (C=O) groups is 1. The first-order valence-corrected chi connectivity index (χ1v) is 5.36. The zero-order valence-corrected chi connectivity index (χ0v) is 9.47. The van der Waals surface area contributed by atoms with Gasteiger partial charge in [0.05, 0.1) is 11.6 Å². The third-order valence-electron chi connectivity index (χ3n) is 2.71. The Bertz CT molecular complexity index is 489. The van der Waals surface area contributed by atoms with E-state index in [1.165, 1.54) is 0 Å². The van der Waals surface area contributed by atoms with Crippen LogP contribution in [0.25, 0.3) is 0 Å². The molecule has 4 nitrogen and oxygen atoms in total. The molecular formula is C13H14N2O2. The largest absolute Gasteiger partial charge is 0.478 e. The van der Waals surface area contributed by atoms with Crippen LogP contribution in [-0.2, 0) is 0 Å². The topological polar surface area (TPSA) is 65.1 Å². The van der Waals surface area contributed by atoms with Crippen molar-refractivity contribution < 1.29 is 9.90 Å². The molecule has 1 heterocycles. The van der Waals surface area contributed by atoms with Gasteiger partial charge >= 0.3 is 5.97 Å². The Morgan fingerprint density at radius 3 is 2.47 bits per heavy atom. The van der Waals surface area contributed by atoms with Gasteiger partial charge in [0.15, 0.2) is 0 Å². The second kappa shape index (κ2) is 4.84. The third-order valence-corrected chi connectivity index (χ3v) is 2.71. The number of H-pyrrole nitrogens is 1. The minimum atomic E-state index is -0.905. The van der Waals surface area contributed by atoms with E-state index in [4.69, 9.17) is 5.11 Å². The zero-order valence-electron chi connectivity index (χ0n) is 9.47. The van der Waals surface area contributed by atoms with Crippen molar-refractivity contribution in [2.45, 2.75) is 6.04 Å². The molecule has 3 N–H and O–H groups in total. The predicted molar refractivity (Wildman–Crippen MR) is 65.1 cm³/mol. The van der Waals surface area contributed by atoms with Crippen LogP contribution in [0.4, 0.5) is 0 Å². The molecule has 4 heteroatoms. The fourth-order valence-corrected chi connectivity index (χ4v) is 1.84. The molecule has 88 valence electrons. The highest BCUT2D eigenvalue weighted by Crippen LogP contribution is 2.20. The Labute approximate surface area is 99.3 Å². The third kappa shape index (κ3) is 2.37. The van der Waals surface area contributed by atoms with E-state index >= 15 is 0 Å². The molecule has 2 rings (SSSR count). The summed E-state index contributed by atoms with van der Waals surface area (Å²) >= 11 is 0. The lowest BCUT2D eigenvalue weighted by atomic mass is 10.0. The summed E-state index contributed by atoms with van der Waals surface area (Å²) in [5.74, 6) is -0.905. The number of hydrogen-bond acceptors (Lipinski definition) is 2. The van der Waals surface area contributed by atoms with Crippen molar-refractivity contribution in [3.05, 3.63) is 59.4 Å². The van der Waals surface area contributed by atoms with Crippen LogP contribution < -0.4 is 5.32 Å². The van der Waals surface area contributed by atoms with Gasteiger partial charge in [-0.2, -0.15) is 0 Å². The second-order valence-electron chi connectivity index (χ2n) is 3.77. The van der Waals surface area contributed by atoms with Crippen LogP contribution in [0.2, 0.25) is 0 Å². The molecule has 1 aromatic heterocycles. The van der Waals surface area contributed by atoms with Crippen molar-refractivity contribution >= 4 is 5.97 Å². The first-order chi connectivity index (χ1) is 8.22. The number of aromatic amines is 1. The van der Waals surface area contributed by atoms with Crippen LogP contribution in [0, 0.1) is 0 Å². The van der Waals surface area contributed by atoms with Crippen LogP contribution in [0.1, 0.15) is 27.7 Å². The molecule has 0 amide bonds. The lowest BCUT2D eigenvalue weighted by molar-refractivity contribution is 0.0697. The Kier molecular flexibility index (Phi) is 3.25. The molecule has 0 saturated heterocycles. The quantitative estimate of drug-likeness (QED) is 0.752. The molecule has 0 fully saturated rings. The van der Waals surface area contributed by atoms with Gasteiger partial charge in [0.2, 0.25) is 0 Å². The predicted octanol–water partition coefficient (Wildman–Crippen LogP) is 2.02. The molecular weight excluding hydrogens is 216 g/mol. The summed E-state index contributed by atoms with van der Waals surface area (Å²) in [5, 5.41) is 12.0. The molecule has 0 radical (unpaired) electrons. The Hall–Kier alpha value is -2.07. The maximum Gasteiger partial charge on any atom is 0.335 e. The van der Waals surface area contributed by atoms with Crippen LogP contribution in [0.15, 0.2) is 42.6 Å². The van der Waals surface area contributed by atoms with Gasteiger partial charge in [-0.25, -0.2) is 4.79 Å². The number of carboxylic acids is 1. The highest BCUT2D eigenvalue weighted by molar-refractivity contribution is 5.87. The van der Waals surface area contributed by atoms with Gasteiger partial charge in [0, 0.05) is 11.9 Å². The number of aromatic nitrogens is 1. The molecule has 0 aliphatic heterocycles. The number of nitrogens with one attached hydrogen (secondary N) is 2. The van der Waals surface area contributed by atoms with Gasteiger partial charge in [0.25, 0.3) is 0 Å². The van der Waals surface area contributed by atoms with E-state index in [0.717, 1.165) is 11.3 Å². The van der Waals surface area contributed by atoms with Gasteiger partial charge in [-0.1, -0.05) is 12.1 Å². The van der Waals surface area contributed by atoms with Crippen LogP contribution in [-0.4, -0.2) is 23.1 Å². The zero-order chi connectivity index (χ0) is 12.3. The van der Waals surface area contributed by atoms with Gasteiger partial charge in [-0.15, -0.1) is 0 Å². The molecule has 0 aliphatic carbocycles. The van der Waals surface area contributed by atoms with Crippen molar-refractivity contribution in [1.29, 1.82) is 0 Å². The van der Waals surface area contributed by atoms with Gasteiger partial charge < -0.3 is 15.4 Å². The average molecular weight is 230 g/mol. The summed E-state index contributed by atoms with van der Waals surface area (Å²) in [7, 11) is 1.87. The Balaban J connectivity index is 2.29. The summed E-state index contributed by atoms with van der Waals surface area (Å²) < 4.78 is 0. The second-order valence-corrected chi connectivity index (χ2v) is 3.77. The van der Waals surface area contributed by atoms with E-state index in [2.05, 4.69) is 10.3 Å². The van der Waals surface area contributed by atoms with Gasteiger partial charge in [-0.3, -0.25) is 0 Å². The smallest absolute Gasteiger partial charge is 0.335 e. The van der Waals surface area contributed by atoms with E-state index in [1.54, 1.807) is 12.1 Å². The molecule has 0 saturated carbocycles. The molecule has 0 spiro atoms. The summed E-state index contributed by atoms with van der Waals surface area (Å²) in [6.07, 6.45) is 1.87. The average Bonchev–Trinajstić information content (AvgIpc) is 2.84. The first-order valence-electron chi connectivity index (χ1n) is 5.36. The number of carboxylic acid groups (broad SMARTS) is 1. The van der Waals surface area contributed by atoms with Crippen LogP contribution in [0.5, 0.6) is 0 Å². The number of hydrogen-bond donors (Lipinski definition) is 3. The summed E-state index contributed by atoms with van der Waals surface area (Å²) in [4.78, 5) is 13.9. The molecule has 0 bridgehead atoms. The minimum Gasteiger partial charge on any atom is -0.478 e. The lowest BCUT2D eigenvalue weighted by Gasteiger charge is -2.15. The summed E-state index contributed by atoms with van der Waals surface area (Å²) in [5.41, 5.74) is 2.38. The van der Waals surface area contributed by atoms with Crippen LogP contribution in [0.3, 0.4) is 0 Å². The number of benzene rings is 1. The van der Waals surface area contributed by atoms with E-state index in [9.17, 15) is 4.79 Å². The number of aromatic carboxylic acids is 1. The van der Waals surface area contributed by atoms with E-state index in [1.807, 2.05) is 37.5 Å². The maximum atomic E-state index is 10.8. The number of rotatable bonds is 4. The Morgan fingerprint density at radius 2 is 2.00 bits per heavy atom. The van der Waals surface area contributed by atoms with E-state index < -0.39 is 5.97 Å². The maximum absolute atomic E-state index is 10.8. The monoisotopic (exact) mass is 230 g/mol. The summed E-state index contributed by atoms with van der Waals surface area (Å²) in [6.45, 7) is 0. The SMILES string of the molecule is CNC(c1ccc(C(=O)O)cc1)c1ccc[nH]1. The lowest BCUT2D eigenvalue weighted by Crippen LogP contribution is -2.18. The van der Waals surface area contributed by atoms with Gasteiger partial charge in [-0.05, 0) is 36.9 Å². The first kappa shape index (κ1) is 11.4. The van der Waals surface area contributed by atoms with Crippen molar-refractivity contribution in [3.63, 3.8) is 0 Å². The molecule has 2 aromatic rings. The molecule has 1 unspecified atom stereocenters. The molecule has 0 aliphatic rings. The van der Waals surface area contributed by atoms with Crippen LogP contribution >= 0.6 is 0 Å². The van der Waals surface area contributed by atoms with E-state index in [0.29, 0.717) is 5.56 Å². The molecule has 1 aromatic carbocycles. The Morgan fingerprint density at radius 1 is 1.29 bits per heavy atom. The normalized spacial score (nSPS) is 12.3. The minimum absolute atomic E-state index is 0.0489. The van der Waals surface area contributed by atoms with Gasteiger partial charge in [0.1, 0.15) is 0 Å². The van der Waals surface area contributed by atoms with Crippen molar-refractivity contribution in [1.82, 2.24) is 10.3 Å². The standard InChI is InChI=1S/C13H14N2O2/c1-14-12(11-3-2-8-15-11)9-4-6-10(7-5-9)13(16)17/h2-8,12,14-15H,1H3,(H,16,17). The van der Waals surface area contributed by atoms with Crippen molar-refractivity contribution in [2.24, 2.45) is 0 Å². The highest BCUT2D eigenvalue weighted by atomic mass is 16.4. The highest BCUT2D eigenvalue weighted by Gasteiger charge is 2.12. The van der Waals surface area contributed by atoms with Crippen molar-refractivity contribution in [2.75, 3.05) is 7.05 Å². The summed E-state index contributed by atoms with van der Waals surface area (Å²) in [6, 6.07) is 10.9. The fraction of sp³-hybridized carbons (Fsp3) is 0.154. The fourth-order valence-electron chi connectivity index (χ4n) is 1.84.